The zero-order chi connectivity index (χ0) is 13.7. The molecule has 0 saturated heterocycles. The summed E-state index contributed by atoms with van der Waals surface area (Å²) in [5.41, 5.74) is 0.588. The Labute approximate surface area is 120 Å². The Bertz CT molecular complexity index is 379. The maximum absolute atomic E-state index is 13.7. The van der Waals surface area contributed by atoms with Gasteiger partial charge in [-0.25, -0.2) is 4.39 Å². The van der Waals surface area contributed by atoms with Crippen molar-refractivity contribution in [1.82, 2.24) is 5.32 Å². The van der Waals surface area contributed by atoms with Gasteiger partial charge in [-0.1, -0.05) is 43.4 Å². The van der Waals surface area contributed by atoms with E-state index in [2.05, 4.69) is 12.2 Å². The standard InChI is InChI=1S/C16H23ClFN/c1-12(13-7-4-2-3-5-8-13)19-11-14-15(17)9-6-10-16(14)18/h6,9-10,12-13,19H,2-5,7-8,11H2,1H3/t12-/m1/s1. The second-order valence-corrected chi connectivity index (χ2v) is 6.03. The monoisotopic (exact) mass is 283 g/mol. The highest BCUT2D eigenvalue weighted by atomic mass is 35.5. The van der Waals surface area contributed by atoms with Crippen LogP contribution in [-0.2, 0) is 6.54 Å². The molecule has 1 aliphatic rings. The van der Waals surface area contributed by atoms with Crippen molar-refractivity contribution in [2.45, 2.75) is 58.0 Å². The van der Waals surface area contributed by atoms with Gasteiger partial charge < -0.3 is 5.32 Å². The molecule has 1 aliphatic carbocycles. The lowest BCUT2D eigenvalue weighted by molar-refractivity contribution is 0.335. The van der Waals surface area contributed by atoms with Crippen LogP contribution in [0.5, 0.6) is 0 Å². The minimum Gasteiger partial charge on any atom is -0.310 e. The van der Waals surface area contributed by atoms with Crippen LogP contribution in [0.2, 0.25) is 5.02 Å². The molecular weight excluding hydrogens is 261 g/mol. The summed E-state index contributed by atoms with van der Waals surface area (Å²) in [6.07, 6.45) is 7.97. The largest absolute Gasteiger partial charge is 0.310 e. The fourth-order valence-corrected chi connectivity index (χ4v) is 3.17. The fourth-order valence-electron chi connectivity index (χ4n) is 2.94. The third-order valence-electron chi connectivity index (χ3n) is 4.27. The number of nitrogens with one attached hydrogen (secondary N) is 1. The van der Waals surface area contributed by atoms with Gasteiger partial charge in [0.25, 0.3) is 0 Å². The van der Waals surface area contributed by atoms with Crippen molar-refractivity contribution >= 4 is 11.6 Å². The third kappa shape index (κ3) is 4.19. The van der Waals surface area contributed by atoms with Gasteiger partial charge in [-0.3, -0.25) is 0 Å². The average molecular weight is 284 g/mol. The van der Waals surface area contributed by atoms with Gasteiger partial charge in [-0.05, 0) is 37.8 Å². The summed E-state index contributed by atoms with van der Waals surface area (Å²) >= 11 is 6.04. The molecule has 0 bridgehead atoms. The van der Waals surface area contributed by atoms with Crippen molar-refractivity contribution in [3.63, 3.8) is 0 Å². The molecule has 1 saturated carbocycles. The smallest absolute Gasteiger partial charge is 0.129 e. The Morgan fingerprint density at radius 3 is 2.58 bits per heavy atom. The van der Waals surface area contributed by atoms with E-state index in [4.69, 9.17) is 11.6 Å². The van der Waals surface area contributed by atoms with Crippen molar-refractivity contribution in [2.24, 2.45) is 5.92 Å². The zero-order valence-corrected chi connectivity index (χ0v) is 12.3. The van der Waals surface area contributed by atoms with Crippen molar-refractivity contribution < 1.29 is 4.39 Å². The quantitative estimate of drug-likeness (QED) is 0.773. The summed E-state index contributed by atoms with van der Waals surface area (Å²) in [6.45, 7) is 2.73. The van der Waals surface area contributed by atoms with Crippen LogP contribution >= 0.6 is 11.6 Å². The Morgan fingerprint density at radius 1 is 1.26 bits per heavy atom. The van der Waals surface area contributed by atoms with E-state index in [0.717, 1.165) is 0 Å². The van der Waals surface area contributed by atoms with E-state index in [1.54, 1.807) is 12.1 Å². The number of benzene rings is 1. The Hall–Kier alpha value is -0.600. The van der Waals surface area contributed by atoms with Crippen LogP contribution in [0.1, 0.15) is 51.0 Å². The molecule has 0 heterocycles. The van der Waals surface area contributed by atoms with Crippen molar-refractivity contribution in [3.05, 3.63) is 34.6 Å². The second-order valence-electron chi connectivity index (χ2n) is 5.62. The van der Waals surface area contributed by atoms with Gasteiger partial charge in [0.05, 0.1) is 0 Å². The Balaban J connectivity index is 1.90. The second kappa shape index (κ2) is 7.25. The van der Waals surface area contributed by atoms with Crippen LogP contribution < -0.4 is 5.32 Å². The molecule has 0 spiro atoms. The fraction of sp³-hybridized carbons (Fsp3) is 0.625. The van der Waals surface area contributed by atoms with Gasteiger partial charge in [0.15, 0.2) is 0 Å². The van der Waals surface area contributed by atoms with Crippen LogP contribution in [0.3, 0.4) is 0 Å². The van der Waals surface area contributed by atoms with E-state index < -0.39 is 0 Å². The van der Waals surface area contributed by atoms with Crippen LogP contribution in [0.25, 0.3) is 0 Å². The lowest BCUT2D eigenvalue weighted by atomic mass is 9.93. The van der Waals surface area contributed by atoms with Crippen molar-refractivity contribution in [1.29, 1.82) is 0 Å². The van der Waals surface area contributed by atoms with Gasteiger partial charge in [-0.2, -0.15) is 0 Å². The first kappa shape index (κ1) is 14.8. The van der Waals surface area contributed by atoms with Crippen LogP contribution in [0, 0.1) is 11.7 Å². The highest BCUT2D eigenvalue weighted by molar-refractivity contribution is 6.31. The Morgan fingerprint density at radius 2 is 1.95 bits per heavy atom. The molecule has 106 valence electrons. The summed E-state index contributed by atoms with van der Waals surface area (Å²) < 4.78 is 13.7. The normalized spacial score (nSPS) is 19.1. The molecule has 0 aliphatic heterocycles. The molecule has 1 atom stereocenters. The molecule has 1 N–H and O–H groups in total. The first-order chi connectivity index (χ1) is 9.18. The Kier molecular flexibility index (Phi) is 5.65. The van der Waals surface area contributed by atoms with E-state index in [1.807, 2.05) is 0 Å². The van der Waals surface area contributed by atoms with Gasteiger partial charge in [0, 0.05) is 23.2 Å². The van der Waals surface area contributed by atoms with Crippen molar-refractivity contribution in [2.75, 3.05) is 0 Å². The molecule has 1 fully saturated rings. The number of hydrogen-bond acceptors (Lipinski definition) is 1. The van der Waals surface area contributed by atoms with E-state index in [0.29, 0.717) is 29.1 Å². The van der Waals surface area contributed by atoms with Crippen LogP contribution in [0.15, 0.2) is 18.2 Å². The van der Waals surface area contributed by atoms with Gasteiger partial charge in [-0.15, -0.1) is 0 Å². The summed E-state index contributed by atoms with van der Waals surface area (Å²) in [5.74, 6) is 0.501. The van der Waals surface area contributed by atoms with Gasteiger partial charge in [0.1, 0.15) is 5.82 Å². The molecule has 19 heavy (non-hydrogen) atoms. The van der Waals surface area contributed by atoms with Gasteiger partial charge >= 0.3 is 0 Å². The zero-order valence-electron chi connectivity index (χ0n) is 11.6. The minimum absolute atomic E-state index is 0.215. The van der Waals surface area contributed by atoms with Gasteiger partial charge in [0.2, 0.25) is 0 Å². The van der Waals surface area contributed by atoms with Crippen LogP contribution in [-0.4, -0.2) is 6.04 Å². The van der Waals surface area contributed by atoms with Crippen molar-refractivity contribution in [3.8, 4) is 0 Å². The highest BCUT2D eigenvalue weighted by Gasteiger charge is 2.19. The number of rotatable bonds is 4. The molecule has 1 nitrogen and oxygen atoms in total. The molecule has 0 unspecified atom stereocenters. The first-order valence-corrected chi connectivity index (χ1v) is 7.72. The van der Waals surface area contributed by atoms with Crippen LogP contribution in [0.4, 0.5) is 4.39 Å². The van der Waals surface area contributed by atoms with E-state index >= 15 is 0 Å². The molecule has 1 aromatic carbocycles. The maximum atomic E-state index is 13.7. The predicted molar refractivity (Wildman–Crippen MR) is 78.9 cm³/mol. The topological polar surface area (TPSA) is 12.0 Å². The number of hydrogen-bond donors (Lipinski definition) is 1. The average Bonchev–Trinajstić information content (AvgIpc) is 2.66. The molecule has 0 radical (unpaired) electrons. The first-order valence-electron chi connectivity index (χ1n) is 7.34. The maximum Gasteiger partial charge on any atom is 0.129 e. The predicted octanol–water partition coefficient (Wildman–Crippen LogP) is 4.93. The van der Waals surface area contributed by atoms with E-state index in [1.165, 1.54) is 44.6 Å². The number of halogens is 2. The highest BCUT2D eigenvalue weighted by Crippen LogP contribution is 2.26. The molecule has 0 aromatic heterocycles. The lowest BCUT2D eigenvalue weighted by Gasteiger charge is -2.24. The van der Waals surface area contributed by atoms with E-state index in [9.17, 15) is 4.39 Å². The SMILES string of the molecule is C[C@@H](NCc1c(F)cccc1Cl)C1CCCCCC1. The van der Waals surface area contributed by atoms with E-state index in [-0.39, 0.29) is 5.82 Å². The molecular formula is C16H23ClFN. The third-order valence-corrected chi connectivity index (χ3v) is 4.62. The summed E-state index contributed by atoms with van der Waals surface area (Å²) in [4.78, 5) is 0. The summed E-state index contributed by atoms with van der Waals surface area (Å²) in [7, 11) is 0. The molecule has 3 heteroatoms. The minimum atomic E-state index is -0.215. The summed E-state index contributed by atoms with van der Waals surface area (Å²) in [6, 6.07) is 5.29. The molecule has 2 rings (SSSR count). The lowest BCUT2D eigenvalue weighted by Crippen LogP contribution is -2.33. The summed E-state index contributed by atoms with van der Waals surface area (Å²) in [5, 5.41) is 3.97. The molecule has 0 amide bonds. The molecule has 1 aromatic rings.